The molecular weight excluding hydrogens is 376 g/mol. The van der Waals surface area contributed by atoms with E-state index in [2.05, 4.69) is 18.5 Å². The standard InChI is InChI=1S/C19H21ClN2O2.C3H4O/c1-21-8-10-22(11-9-21)19(23)16-12-17(20)15(13-18(16)24-2)14-6-4-3-5-7-14;1-2-3-4/h3-7,12-13H,8-11H2,1-2H3;2-3H,1H2. The third kappa shape index (κ3) is 5.44. The van der Waals surface area contributed by atoms with E-state index >= 15 is 0 Å². The number of aldehydes is 1. The van der Waals surface area contributed by atoms with Crippen LogP contribution in [0.15, 0.2) is 55.1 Å². The molecule has 0 aromatic heterocycles. The van der Waals surface area contributed by atoms with Gasteiger partial charge in [-0.25, -0.2) is 0 Å². The summed E-state index contributed by atoms with van der Waals surface area (Å²) in [7, 11) is 3.65. The highest BCUT2D eigenvalue weighted by molar-refractivity contribution is 6.33. The normalized spacial score (nSPS) is 13.9. The van der Waals surface area contributed by atoms with Crippen LogP contribution in [0.25, 0.3) is 11.1 Å². The molecule has 1 saturated heterocycles. The lowest BCUT2D eigenvalue weighted by Gasteiger charge is -2.32. The number of amides is 1. The van der Waals surface area contributed by atoms with Crippen molar-refractivity contribution in [2.75, 3.05) is 40.3 Å². The van der Waals surface area contributed by atoms with Crippen LogP contribution in [0.3, 0.4) is 0 Å². The number of carbonyl (C=O) groups excluding carboxylic acids is 2. The molecule has 0 spiro atoms. The smallest absolute Gasteiger partial charge is 0.257 e. The van der Waals surface area contributed by atoms with Gasteiger partial charge in [0.05, 0.1) is 12.7 Å². The van der Waals surface area contributed by atoms with Gasteiger partial charge in [0.1, 0.15) is 12.0 Å². The van der Waals surface area contributed by atoms with E-state index < -0.39 is 0 Å². The zero-order valence-corrected chi connectivity index (χ0v) is 17.0. The van der Waals surface area contributed by atoms with Gasteiger partial charge in [-0.2, -0.15) is 0 Å². The molecule has 1 amide bonds. The summed E-state index contributed by atoms with van der Waals surface area (Å²) in [5, 5.41) is 0.555. The van der Waals surface area contributed by atoms with Gasteiger partial charge in [-0.1, -0.05) is 48.5 Å². The molecule has 3 rings (SSSR count). The fraction of sp³-hybridized carbons (Fsp3) is 0.273. The Labute approximate surface area is 171 Å². The lowest BCUT2D eigenvalue weighted by molar-refractivity contribution is -0.104. The first kappa shape index (κ1) is 21.7. The zero-order chi connectivity index (χ0) is 20.5. The molecule has 2 aromatic rings. The van der Waals surface area contributed by atoms with Crippen molar-refractivity contribution in [3.05, 3.63) is 65.7 Å². The summed E-state index contributed by atoms with van der Waals surface area (Å²) in [4.78, 5) is 26.0. The number of hydrogen-bond acceptors (Lipinski definition) is 4. The van der Waals surface area contributed by atoms with Gasteiger partial charge in [0.2, 0.25) is 0 Å². The molecule has 0 saturated carbocycles. The first-order valence-corrected chi connectivity index (χ1v) is 9.36. The molecule has 1 heterocycles. The number of piperazine rings is 1. The first-order valence-electron chi connectivity index (χ1n) is 8.98. The summed E-state index contributed by atoms with van der Waals surface area (Å²) in [6.45, 7) is 6.31. The summed E-state index contributed by atoms with van der Waals surface area (Å²) in [6.07, 6.45) is 1.83. The lowest BCUT2D eigenvalue weighted by atomic mass is 10.0. The molecule has 0 unspecified atom stereocenters. The maximum Gasteiger partial charge on any atom is 0.257 e. The molecule has 0 aliphatic carbocycles. The van der Waals surface area contributed by atoms with Crippen molar-refractivity contribution >= 4 is 23.8 Å². The Morgan fingerprint density at radius 1 is 1.14 bits per heavy atom. The number of halogens is 1. The molecule has 0 atom stereocenters. The van der Waals surface area contributed by atoms with E-state index in [-0.39, 0.29) is 5.91 Å². The number of hydrogen-bond donors (Lipinski definition) is 0. The van der Waals surface area contributed by atoms with Crippen LogP contribution in [-0.2, 0) is 4.79 Å². The molecule has 5 nitrogen and oxygen atoms in total. The molecule has 0 bridgehead atoms. The minimum Gasteiger partial charge on any atom is -0.496 e. The maximum absolute atomic E-state index is 12.9. The number of carbonyl (C=O) groups is 2. The van der Waals surface area contributed by atoms with E-state index in [0.717, 1.165) is 37.3 Å². The highest BCUT2D eigenvalue weighted by Crippen LogP contribution is 2.35. The molecule has 1 aliphatic rings. The Morgan fingerprint density at radius 2 is 1.75 bits per heavy atom. The molecule has 6 heteroatoms. The molecule has 0 N–H and O–H groups in total. The van der Waals surface area contributed by atoms with Crippen LogP contribution in [0.2, 0.25) is 5.02 Å². The van der Waals surface area contributed by atoms with Crippen molar-refractivity contribution in [1.29, 1.82) is 0 Å². The third-order valence-corrected chi connectivity index (χ3v) is 4.80. The minimum absolute atomic E-state index is 0.0264. The average Bonchev–Trinajstić information content (AvgIpc) is 2.74. The number of ether oxygens (including phenoxy) is 1. The molecule has 1 aliphatic heterocycles. The second-order valence-electron chi connectivity index (χ2n) is 6.37. The molecular formula is C22H25ClN2O3. The fourth-order valence-electron chi connectivity index (χ4n) is 2.91. The summed E-state index contributed by atoms with van der Waals surface area (Å²) in [6, 6.07) is 13.4. The van der Waals surface area contributed by atoms with Crippen LogP contribution in [0.1, 0.15) is 10.4 Å². The number of nitrogens with zero attached hydrogens (tertiary/aromatic N) is 2. The van der Waals surface area contributed by atoms with Crippen molar-refractivity contribution in [2.45, 2.75) is 0 Å². The Balaban J connectivity index is 0.000000640. The molecule has 1 fully saturated rings. The Hall–Kier alpha value is -2.63. The second kappa shape index (κ2) is 10.6. The van der Waals surface area contributed by atoms with E-state index in [1.165, 1.54) is 6.08 Å². The van der Waals surface area contributed by atoms with Gasteiger partial charge in [-0.3, -0.25) is 9.59 Å². The van der Waals surface area contributed by atoms with Crippen LogP contribution in [0, 0.1) is 0 Å². The summed E-state index contributed by atoms with van der Waals surface area (Å²) in [5.41, 5.74) is 2.38. The van der Waals surface area contributed by atoms with Crippen LogP contribution in [0.4, 0.5) is 0 Å². The topological polar surface area (TPSA) is 49.9 Å². The first-order chi connectivity index (χ1) is 13.5. The van der Waals surface area contributed by atoms with Crippen molar-refractivity contribution in [2.24, 2.45) is 0 Å². The molecule has 0 radical (unpaired) electrons. The minimum atomic E-state index is -0.0264. The number of rotatable bonds is 4. The van der Waals surface area contributed by atoms with Gasteiger partial charge in [0.25, 0.3) is 5.91 Å². The van der Waals surface area contributed by atoms with Gasteiger partial charge < -0.3 is 14.5 Å². The van der Waals surface area contributed by atoms with Gasteiger partial charge >= 0.3 is 0 Å². The van der Waals surface area contributed by atoms with Crippen LogP contribution < -0.4 is 4.74 Å². The van der Waals surface area contributed by atoms with Crippen LogP contribution in [-0.4, -0.2) is 62.3 Å². The number of benzene rings is 2. The van der Waals surface area contributed by atoms with E-state index in [4.69, 9.17) is 21.1 Å². The van der Waals surface area contributed by atoms with E-state index in [1.54, 1.807) is 13.2 Å². The molecule has 28 heavy (non-hydrogen) atoms. The van der Waals surface area contributed by atoms with Crippen LogP contribution >= 0.6 is 11.6 Å². The highest BCUT2D eigenvalue weighted by Gasteiger charge is 2.24. The van der Waals surface area contributed by atoms with Gasteiger partial charge in [0.15, 0.2) is 0 Å². The highest BCUT2D eigenvalue weighted by atomic mass is 35.5. The predicted octanol–water partition coefficient (Wildman–Crippen LogP) is 3.77. The monoisotopic (exact) mass is 400 g/mol. The lowest BCUT2D eigenvalue weighted by Crippen LogP contribution is -2.47. The SMILES string of the molecule is C=CC=O.COc1cc(-c2ccccc2)c(Cl)cc1C(=O)N1CCN(C)CC1. The second-order valence-corrected chi connectivity index (χ2v) is 6.77. The molecule has 2 aromatic carbocycles. The number of likely N-dealkylation sites (N-methyl/N-ethyl adjacent to an activating group) is 1. The quantitative estimate of drug-likeness (QED) is 0.579. The summed E-state index contributed by atoms with van der Waals surface area (Å²) in [5.74, 6) is 0.531. The van der Waals surface area contributed by atoms with E-state index in [0.29, 0.717) is 22.6 Å². The summed E-state index contributed by atoms with van der Waals surface area (Å²) >= 11 is 6.46. The van der Waals surface area contributed by atoms with Gasteiger partial charge in [-0.15, -0.1) is 0 Å². The van der Waals surface area contributed by atoms with E-state index in [1.807, 2.05) is 41.3 Å². The van der Waals surface area contributed by atoms with Crippen molar-refractivity contribution in [3.63, 3.8) is 0 Å². The zero-order valence-electron chi connectivity index (χ0n) is 16.2. The van der Waals surface area contributed by atoms with E-state index in [9.17, 15) is 4.79 Å². The third-order valence-electron chi connectivity index (χ3n) is 4.49. The fourth-order valence-corrected chi connectivity index (χ4v) is 3.18. The summed E-state index contributed by atoms with van der Waals surface area (Å²) < 4.78 is 5.48. The predicted molar refractivity (Wildman–Crippen MR) is 113 cm³/mol. The van der Waals surface area contributed by atoms with Gasteiger partial charge in [0, 0.05) is 36.8 Å². The Kier molecular flexibility index (Phi) is 8.23. The Bertz CT molecular complexity index is 810. The number of methoxy groups -OCH3 is 1. The van der Waals surface area contributed by atoms with Gasteiger partial charge in [-0.05, 0) is 30.8 Å². The van der Waals surface area contributed by atoms with Crippen molar-refractivity contribution in [3.8, 4) is 16.9 Å². The largest absolute Gasteiger partial charge is 0.496 e. The van der Waals surface area contributed by atoms with Crippen molar-refractivity contribution in [1.82, 2.24) is 9.80 Å². The maximum atomic E-state index is 12.9. The molecule has 148 valence electrons. The number of allylic oxidation sites excluding steroid dienone is 1. The van der Waals surface area contributed by atoms with Crippen LogP contribution in [0.5, 0.6) is 5.75 Å². The Morgan fingerprint density at radius 3 is 2.29 bits per heavy atom. The average molecular weight is 401 g/mol. The van der Waals surface area contributed by atoms with Crippen molar-refractivity contribution < 1.29 is 14.3 Å².